The molecule has 3 saturated heterocycles. The summed E-state index contributed by atoms with van der Waals surface area (Å²) < 4.78 is 0. The highest BCUT2D eigenvalue weighted by atomic mass is 32.1. The Bertz CT molecular complexity index is 695. The third-order valence-electron chi connectivity index (χ3n) is 5.49. The van der Waals surface area contributed by atoms with Crippen LogP contribution in [0.2, 0.25) is 0 Å². The van der Waals surface area contributed by atoms with Gasteiger partial charge >= 0.3 is 4.87 Å². The minimum Gasteiger partial charge on any atom is -0.341 e. The molecule has 0 bridgehead atoms. The first-order valence-corrected chi connectivity index (χ1v) is 9.45. The lowest BCUT2D eigenvalue weighted by Crippen LogP contribution is -2.50. The SMILES string of the molecule is O=C(CN1CC[C@@H]2CN(C(=O)c3csc(=O)[nH]3)C[C@@H]2C1)N1CCC1. The number of nitrogens with one attached hydrogen (secondary N) is 1. The molecule has 1 N–H and O–H groups in total. The van der Waals surface area contributed by atoms with Crippen LogP contribution in [0.3, 0.4) is 0 Å². The molecular weight excluding hydrogens is 328 g/mol. The van der Waals surface area contributed by atoms with Crippen molar-refractivity contribution in [1.29, 1.82) is 0 Å². The van der Waals surface area contributed by atoms with Crippen LogP contribution in [0.15, 0.2) is 10.2 Å². The zero-order valence-corrected chi connectivity index (χ0v) is 14.4. The van der Waals surface area contributed by atoms with E-state index in [1.807, 2.05) is 9.80 Å². The van der Waals surface area contributed by atoms with Gasteiger partial charge in [0.2, 0.25) is 5.91 Å². The predicted octanol–water partition coefficient (Wildman–Crippen LogP) is 0.0626. The third kappa shape index (κ3) is 3.00. The molecule has 3 aliphatic rings. The molecule has 0 unspecified atom stereocenters. The summed E-state index contributed by atoms with van der Waals surface area (Å²) >= 11 is 1.03. The van der Waals surface area contributed by atoms with Crippen molar-refractivity contribution in [2.75, 3.05) is 45.8 Å². The molecule has 4 rings (SSSR count). The van der Waals surface area contributed by atoms with E-state index in [-0.39, 0.29) is 16.7 Å². The number of hydrogen-bond donors (Lipinski definition) is 1. The van der Waals surface area contributed by atoms with E-state index in [1.54, 1.807) is 5.38 Å². The molecule has 3 fully saturated rings. The number of nitrogens with zero attached hydrogens (tertiary/aromatic N) is 3. The standard InChI is InChI=1S/C16H22N4O3S/c21-14(19-3-1-4-19)9-18-5-2-11-7-20(8-12(11)6-18)15(22)13-10-24-16(23)17-13/h10-12H,1-9H2,(H,17,23)/t11-,12+/m1/s1. The highest BCUT2D eigenvalue weighted by Gasteiger charge is 2.40. The number of piperidine rings is 1. The molecule has 2 amide bonds. The Balaban J connectivity index is 1.34. The first-order valence-electron chi connectivity index (χ1n) is 8.57. The lowest BCUT2D eigenvalue weighted by Gasteiger charge is -2.37. The summed E-state index contributed by atoms with van der Waals surface area (Å²) in [4.78, 5) is 44.3. The van der Waals surface area contributed by atoms with Crippen molar-refractivity contribution in [3.63, 3.8) is 0 Å². The molecule has 0 saturated carbocycles. The number of thiazole rings is 1. The van der Waals surface area contributed by atoms with Gasteiger partial charge in [-0.15, -0.1) is 0 Å². The van der Waals surface area contributed by atoms with Gasteiger partial charge in [-0.2, -0.15) is 0 Å². The van der Waals surface area contributed by atoms with E-state index in [9.17, 15) is 14.4 Å². The van der Waals surface area contributed by atoms with Crippen molar-refractivity contribution in [3.8, 4) is 0 Å². The summed E-state index contributed by atoms with van der Waals surface area (Å²) in [5.74, 6) is 1.10. The molecule has 8 heteroatoms. The maximum atomic E-state index is 12.5. The Morgan fingerprint density at radius 2 is 1.92 bits per heavy atom. The Morgan fingerprint density at radius 1 is 1.12 bits per heavy atom. The van der Waals surface area contributed by atoms with E-state index in [2.05, 4.69) is 9.88 Å². The van der Waals surface area contributed by atoms with Crippen molar-refractivity contribution in [3.05, 3.63) is 20.7 Å². The fraction of sp³-hybridized carbons (Fsp3) is 0.688. The van der Waals surface area contributed by atoms with Crippen LogP contribution < -0.4 is 4.87 Å². The number of carbonyl (C=O) groups is 2. The molecule has 2 atom stereocenters. The molecule has 4 heterocycles. The number of carbonyl (C=O) groups excluding carboxylic acids is 2. The zero-order chi connectivity index (χ0) is 16.7. The average molecular weight is 350 g/mol. The quantitative estimate of drug-likeness (QED) is 0.837. The van der Waals surface area contributed by atoms with Crippen LogP contribution in [-0.2, 0) is 4.79 Å². The van der Waals surface area contributed by atoms with E-state index < -0.39 is 0 Å². The minimum absolute atomic E-state index is 0.0778. The van der Waals surface area contributed by atoms with Gasteiger partial charge in [0.1, 0.15) is 5.69 Å². The predicted molar refractivity (Wildman–Crippen MR) is 90.1 cm³/mol. The van der Waals surface area contributed by atoms with E-state index in [0.717, 1.165) is 63.4 Å². The minimum atomic E-state index is -0.189. The highest BCUT2D eigenvalue weighted by molar-refractivity contribution is 7.07. The smallest absolute Gasteiger partial charge is 0.305 e. The maximum absolute atomic E-state index is 12.5. The van der Waals surface area contributed by atoms with Crippen molar-refractivity contribution in [1.82, 2.24) is 19.7 Å². The fourth-order valence-electron chi connectivity index (χ4n) is 3.97. The van der Waals surface area contributed by atoms with Crippen LogP contribution in [0.4, 0.5) is 0 Å². The van der Waals surface area contributed by atoms with E-state index in [4.69, 9.17) is 0 Å². The molecule has 0 aliphatic carbocycles. The van der Waals surface area contributed by atoms with E-state index in [1.165, 1.54) is 0 Å². The lowest BCUT2D eigenvalue weighted by atomic mass is 9.89. The first kappa shape index (κ1) is 15.8. The number of aromatic nitrogens is 1. The molecule has 0 aromatic carbocycles. The molecule has 0 radical (unpaired) electrons. The molecular formula is C16H22N4O3S. The third-order valence-corrected chi connectivity index (χ3v) is 6.16. The second kappa shape index (κ2) is 6.33. The zero-order valence-electron chi connectivity index (χ0n) is 13.6. The van der Waals surface area contributed by atoms with Crippen LogP contribution in [0, 0.1) is 11.8 Å². The normalized spacial score (nSPS) is 27.0. The molecule has 0 spiro atoms. The van der Waals surface area contributed by atoms with Crippen molar-refractivity contribution in [2.45, 2.75) is 12.8 Å². The van der Waals surface area contributed by atoms with Gasteiger partial charge in [0.05, 0.1) is 6.54 Å². The summed E-state index contributed by atoms with van der Waals surface area (Å²) in [6, 6.07) is 0. The number of amides is 2. The van der Waals surface area contributed by atoms with Gasteiger partial charge in [0, 0.05) is 38.1 Å². The van der Waals surface area contributed by atoms with Gasteiger partial charge in [0.25, 0.3) is 5.91 Å². The van der Waals surface area contributed by atoms with Gasteiger partial charge in [-0.05, 0) is 31.2 Å². The van der Waals surface area contributed by atoms with Crippen LogP contribution in [0.5, 0.6) is 0 Å². The topological polar surface area (TPSA) is 76.7 Å². The molecule has 130 valence electrons. The highest BCUT2D eigenvalue weighted by Crippen LogP contribution is 2.31. The summed E-state index contributed by atoms with van der Waals surface area (Å²) in [5.41, 5.74) is 0.397. The van der Waals surface area contributed by atoms with E-state index in [0.29, 0.717) is 24.1 Å². The average Bonchev–Trinajstić information content (AvgIpc) is 3.10. The summed E-state index contributed by atoms with van der Waals surface area (Å²) in [7, 11) is 0. The second-order valence-corrected chi connectivity index (χ2v) is 7.89. The summed E-state index contributed by atoms with van der Waals surface area (Å²) in [6.45, 7) is 5.60. The lowest BCUT2D eigenvalue weighted by molar-refractivity contribution is -0.136. The molecule has 7 nitrogen and oxygen atoms in total. The fourth-order valence-corrected chi connectivity index (χ4v) is 4.52. The van der Waals surface area contributed by atoms with Crippen LogP contribution in [0.1, 0.15) is 23.3 Å². The van der Waals surface area contributed by atoms with Gasteiger partial charge in [-0.1, -0.05) is 11.3 Å². The Labute approximate surface area is 144 Å². The van der Waals surface area contributed by atoms with E-state index >= 15 is 0 Å². The number of fused-ring (bicyclic) bond motifs is 1. The Hall–Kier alpha value is -1.67. The number of H-pyrrole nitrogens is 1. The van der Waals surface area contributed by atoms with Crippen LogP contribution in [-0.4, -0.2) is 77.3 Å². The molecule has 1 aromatic rings. The molecule has 3 aliphatic heterocycles. The Morgan fingerprint density at radius 3 is 2.58 bits per heavy atom. The summed E-state index contributed by atoms with van der Waals surface area (Å²) in [6.07, 6.45) is 2.15. The van der Waals surface area contributed by atoms with Crippen LogP contribution >= 0.6 is 11.3 Å². The maximum Gasteiger partial charge on any atom is 0.305 e. The molecule has 24 heavy (non-hydrogen) atoms. The first-order chi connectivity index (χ1) is 11.6. The second-order valence-electron chi connectivity index (χ2n) is 7.05. The monoisotopic (exact) mass is 350 g/mol. The van der Waals surface area contributed by atoms with Crippen molar-refractivity contribution < 1.29 is 9.59 Å². The van der Waals surface area contributed by atoms with Crippen molar-refractivity contribution >= 4 is 23.2 Å². The Kier molecular flexibility index (Phi) is 4.17. The number of rotatable bonds is 3. The number of likely N-dealkylation sites (tertiary alicyclic amines) is 3. The number of aromatic amines is 1. The summed E-state index contributed by atoms with van der Waals surface area (Å²) in [5, 5.41) is 1.60. The van der Waals surface area contributed by atoms with Crippen LogP contribution in [0.25, 0.3) is 0 Å². The largest absolute Gasteiger partial charge is 0.341 e. The number of hydrogen-bond acceptors (Lipinski definition) is 5. The van der Waals surface area contributed by atoms with Gasteiger partial charge in [-0.3, -0.25) is 19.3 Å². The van der Waals surface area contributed by atoms with Gasteiger partial charge in [0.15, 0.2) is 0 Å². The van der Waals surface area contributed by atoms with Gasteiger partial charge < -0.3 is 14.8 Å². The van der Waals surface area contributed by atoms with Gasteiger partial charge in [-0.25, -0.2) is 0 Å². The molecule has 1 aromatic heterocycles. The van der Waals surface area contributed by atoms with Crippen molar-refractivity contribution in [2.24, 2.45) is 11.8 Å².